The van der Waals surface area contributed by atoms with Crippen LogP contribution in [0, 0.1) is 0 Å². The topological polar surface area (TPSA) is 99.2 Å². The molecule has 3 amide bonds. The third-order valence-corrected chi connectivity index (χ3v) is 3.97. The molecular weight excluding hydrogens is 326 g/mol. The Morgan fingerprint density at radius 2 is 1.96 bits per heavy atom. The van der Waals surface area contributed by atoms with E-state index in [9.17, 15) is 19.5 Å². The van der Waals surface area contributed by atoms with Crippen LogP contribution in [0.3, 0.4) is 0 Å². The van der Waals surface area contributed by atoms with Gasteiger partial charge in [0.2, 0.25) is 11.8 Å². The van der Waals surface area contributed by atoms with E-state index in [0.717, 1.165) is 6.08 Å². The molecule has 1 unspecified atom stereocenters. The maximum absolute atomic E-state index is 12.1. The zero-order valence-electron chi connectivity index (χ0n) is 15.7. The van der Waals surface area contributed by atoms with E-state index in [1.54, 1.807) is 34.6 Å². The van der Waals surface area contributed by atoms with Gasteiger partial charge in [0.1, 0.15) is 11.2 Å². The van der Waals surface area contributed by atoms with Crippen LogP contribution in [0.1, 0.15) is 34.6 Å². The number of likely N-dealkylation sites (N-methyl/N-ethyl adjacent to an activating group) is 1. The van der Waals surface area contributed by atoms with Gasteiger partial charge in [-0.1, -0.05) is 6.58 Å². The summed E-state index contributed by atoms with van der Waals surface area (Å²) in [5.74, 6) is -0.711. The highest BCUT2D eigenvalue weighted by molar-refractivity contribution is 5.91. The van der Waals surface area contributed by atoms with Crippen molar-refractivity contribution in [3.8, 4) is 0 Å². The van der Waals surface area contributed by atoms with Gasteiger partial charge < -0.3 is 25.0 Å². The van der Waals surface area contributed by atoms with Crippen LogP contribution in [0.15, 0.2) is 12.7 Å². The zero-order valence-corrected chi connectivity index (χ0v) is 15.7. The van der Waals surface area contributed by atoms with E-state index in [1.165, 1.54) is 9.80 Å². The van der Waals surface area contributed by atoms with Crippen LogP contribution in [-0.4, -0.2) is 76.2 Å². The Morgan fingerprint density at radius 3 is 2.40 bits per heavy atom. The monoisotopic (exact) mass is 355 g/mol. The fraction of sp³-hybridized carbons (Fsp3) is 0.706. The van der Waals surface area contributed by atoms with E-state index in [0.29, 0.717) is 6.54 Å². The molecule has 0 spiro atoms. The molecule has 1 fully saturated rings. The molecule has 0 aliphatic carbocycles. The minimum Gasteiger partial charge on any atom is -0.444 e. The van der Waals surface area contributed by atoms with Crippen LogP contribution < -0.4 is 5.32 Å². The smallest absolute Gasteiger partial charge is 0.410 e. The summed E-state index contributed by atoms with van der Waals surface area (Å²) >= 11 is 0. The minimum absolute atomic E-state index is 0.0758. The highest BCUT2D eigenvalue weighted by atomic mass is 16.6. The number of carbonyl (C=O) groups is 3. The van der Waals surface area contributed by atoms with Gasteiger partial charge in [-0.2, -0.15) is 0 Å². The van der Waals surface area contributed by atoms with E-state index in [1.807, 2.05) is 0 Å². The fourth-order valence-electron chi connectivity index (χ4n) is 2.41. The predicted molar refractivity (Wildman–Crippen MR) is 92.8 cm³/mol. The maximum Gasteiger partial charge on any atom is 0.410 e. The lowest BCUT2D eigenvalue weighted by Crippen LogP contribution is -2.71. The molecule has 0 aromatic heterocycles. The van der Waals surface area contributed by atoms with Crippen molar-refractivity contribution in [3.63, 3.8) is 0 Å². The second kappa shape index (κ2) is 7.86. The second-order valence-corrected chi connectivity index (χ2v) is 7.29. The van der Waals surface area contributed by atoms with E-state index >= 15 is 0 Å². The number of rotatable bonds is 6. The molecule has 1 heterocycles. The highest BCUT2D eigenvalue weighted by Gasteiger charge is 2.49. The van der Waals surface area contributed by atoms with Gasteiger partial charge in [-0.3, -0.25) is 9.59 Å². The molecule has 1 rings (SSSR count). The molecular formula is C17H29N3O5. The Labute approximate surface area is 148 Å². The number of likely N-dealkylation sites (tertiary alicyclic amines) is 1. The van der Waals surface area contributed by atoms with Crippen molar-refractivity contribution in [2.45, 2.75) is 51.9 Å². The van der Waals surface area contributed by atoms with E-state index in [4.69, 9.17) is 4.74 Å². The number of nitrogens with one attached hydrogen (secondary N) is 1. The second-order valence-electron chi connectivity index (χ2n) is 7.29. The number of hydrogen-bond acceptors (Lipinski definition) is 5. The first-order chi connectivity index (χ1) is 11.4. The van der Waals surface area contributed by atoms with Crippen molar-refractivity contribution in [3.05, 3.63) is 12.7 Å². The van der Waals surface area contributed by atoms with Crippen LogP contribution in [0.5, 0.6) is 0 Å². The standard InChI is InChI=1S/C17H29N3O5/c1-7-14(22)19(8-2)9-13(21)18-12(3)17(24)10-20(11-17)15(23)25-16(4,5)6/h7,12,24H,1,8-11H2,2-6H3,(H,18,21). The number of carbonyl (C=O) groups excluding carboxylic acids is 3. The Bertz CT molecular complexity index is 535. The van der Waals surface area contributed by atoms with E-state index in [-0.39, 0.29) is 31.4 Å². The van der Waals surface area contributed by atoms with Crippen molar-refractivity contribution in [2.75, 3.05) is 26.2 Å². The van der Waals surface area contributed by atoms with Crippen molar-refractivity contribution in [2.24, 2.45) is 0 Å². The molecule has 142 valence electrons. The maximum atomic E-state index is 12.1. The zero-order chi connectivity index (χ0) is 19.4. The van der Waals surface area contributed by atoms with E-state index < -0.39 is 23.3 Å². The van der Waals surface area contributed by atoms with Gasteiger partial charge in [0.05, 0.1) is 25.7 Å². The summed E-state index contributed by atoms with van der Waals surface area (Å²) in [7, 11) is 0. The van der Waals surface area contributed by atoms with Crippen LogP contribution in [0.25, 0.3) is 0 Å². The number of hydrogen-bond donors (Lipinski definition) is 2. The average molecular weight is 355 g/mol. The lowest BCUT2D eigenvalue weighted by atomic mass is 9.87. The quantitative estimate of drug-likeness (QED) is 0.676. The molecule has 0 saturated carbocycles. The van der Waals surface area contributed by atoms with Gasteiger partial charge in [-0.15, -0.1) is 0 Å². The molecule has 1 saturated heterocycles. The van der Waals surface area contributed by atoms with Gasteiger partial charge in [-0.25, -0.2) is 4.79 Å². The first-order valence-electron chi connectivity index (χ1n) is 8.33. The largest absolute Gasteiger partial charge is 0.444 e. The molecule has 8 nitrogen and oxygen atoms in total. The summed E-state index contributed by atoms with van der Waals surface area (Å²) in [6.07, 6.45) is 0.655. The Balaban J connectivity index is 2.51. The van der Waals surface area contributed by atoms with Crippen molar-refractivity contribution < 1.29 is 24.2 Å². The predicted octanol–water partition coefficient (Wildman–Crippen LogP) is 0.507. The van der Waals surface area contributed by atoms with Gasteiger partial charge in [0.25, 0.3) is 0 Å². The normalized spacial score (nSPS) is 17.1. The third kappa shape index (κ3) is 5.74. The van der Waals surface area contributed by atoms with E-state index in [2.05, 4.69) is 11.9 Å². The Morgan fingerprint density at radius 1 is 1.40 bits per heavy atom. The number of β-amino-alcohol motifs (C(OH)–C–C–N with tert-alkyl or cyclic N) is 1. The van der Waals surface area contributed by atoms with Gasteiger partial charge in [-0.05, 0) is 40.7 Å². The third-order valence-electron chi connectivity index (χ3n) is 3.97. The Kier molecular flexibility index (Phi) is 6.59. The molecule has 0 radical (unpaired) electrons. The molecule has 2 N–H and O–H groups in total. The molecule has 1 aliphatic rings. The molecule has 0 aromatic carbocycles. The summed E-state index contributed by atoms with van der Waals surface area (Å²) in [5.41, 5.74) is -1.82. The summed E-state index contributed by atoms with van der Waals surface area (Å²) in [6, 6.07) is -0.573. The van der Waals surface area contributed by atoms with Crippen LogP contribution in [0.4, 0.5) is 4.79 Å². The SMILES string of the molecule is C=CC(=O)N(CC)CC(=O)NC(C)C1(O)CN(C(=O)OC(C)(C)C)C1. The number of nitrogens with zero attached hydrogens (tertiary/aromatic N) is 2. The first-order valence-corrected chi connectivity index (χ1v) is 8.33. The highest BCUT2D eigenvalue weighted by Crippen LogP contribution is 2.26. The molecule has 0 bridgehead atoms. The van der Waals surface area contributed by atoms with Crippen LogP contribution in [0.2, 0.25) is 0 Å². The number of aliphatic hydroxyl groups is 1. The first kappa shape index (κ1) is 21.0. The molecule has 0 aromatic rings. The summed E-state index contributed by atoms with van der Waals surface area (Å²) in [5, 5.41) is 13.2. The van der Waals surface area contributed by atoms with Crippen molar-refractivity contribution >= 4 is 17.9 Å². The number of amides is 3. The molecule has 25 heavy (non-hydrogen) atoms. The molecule has 1 aliphatic heterocycles. The number of ether oxygens (including phenoxy) is 1. The summed E-state index contributed by atoms with van der Waals surface area (Å²) < 4.78 is 5.24. The van der Waals surface area contributed by atoms with Gasteiger partial charge in [0, 0.05) is 6.54 Å². The lowest BCUT2D eigenvalue weighted by molar-refractivity contribution is -0.138. The summed E-state index contributed by atoms with van der Waals surface area (Å²) in [4.78, 5) is 38.3. The van der Waals surface area contributed by atoms with Gasteiger partial charge in [0.15, 0.2) is 0 Å². The average Bonchev–Trinajstić information content (AvgIpc) is 2.46. The van der Waals surface area contributed by atoms with Crippen LogP contribution >= 0.6 is 0 Å². The van der Waals surface area contributed by atoms with Crippen molar-refractivity contribution in [1.29, 1.82) is 0 Å². The Hall–Kier alpha value is -2.09. The molecule has 8 heteroatoms. The summed E-state index contributed by atoms with van der Waals surface area (Å²) in [6.45, 7) is 12.5. The van der Waals surface area contributed by atoms with Crippen LogP contribution in [-0.2, 0) is 14.3 Å². The minimum atomic E-state index is -1.22. The molecule has 1 atom stereocenters. The lowest BCUT2D eigenvalue weighted by Gasteiger charge is -2.49. The fourth-order valence-corrected chi connectivity index (χ4v) is 2.41. The van der Waals surface area contributed by atoms with Crippen molar-refractivity contribution in [1.82, 2.24) is 15.1 Å². The van der Waals surface area contributed by atoms with Gasteiger partial charge >= 0.3 is 6.09 Å².